The third-order valence-electron chi connectivity index (χ3n) is 6.48. The van der Waals surface area contributed by atoms with Crippen LogP contribution in [0, 0.1) is 19.8 Å². The second-order valence-corrected chi connectivity index (χ2v) is 11.6. The van der Waals surface area contributed by atoms with Gasteiger partial charge < -0.3 is 25.4 Å². The Morgan fingerprint density at radius 2 is 1.54 bits per heavy atom. The summed E-state index contributed by atoms with van der Waals surface area (Å²) in [6, 6.07) is 9.79. The number of benzene rings is 2. The third kappa shape index (κ3) is 9.01. The normalized spacial score (nSPS) is 13.8. The van der Waals surface area contributed by atoms with Gasteiger partial charge in [0.25, 0.3) is 5.91 Å². The molecule has 0 aliphatic rings. The number of phenols is 1. The van der Waals surface area contributed by atoms with Gasteiger partial charge in [0.2, 0.25) is 5.91 Å². The number of phenolic OH excluding ortho intramolecular Hbond substituents is 1. The Balaban J connectivity index is 2.60. The number of carbonyl (C=O) groups is 3. The van der Waals surface area contributed by atoms with Crippen molar-refractivity contribution in [1.82, 2.24) is 10.2 Å². The molecule has 0 fully saturated rings. The molecule has 0 aliphatic carbocycles. The average Bonchev–Trinajstić information content (AvgIpc) is 2.82. The Bertz CT molecular complexity index is 1120. The zero-order valence-electron chi connectivity index (χ0n) is 24.8. The van der Waals surface area contributed by atoms with E-state index in [0.717, 1.165) is 11.1 Å². The number of anilines is 1. The Morgan fingerprint density at radius 1 is 0.974 bits per heavy atom. The van der Waals surface area contributed by atoms with Crippen LogP contribution in [0.15, 0.2) is 42.5 Å². The summed E-state index contributed by atoms with van der Waals surface area (Å²) in [6.45, 7) is 16.9. The number of aryl methyl sites for hydroxylation is 2. The van der Waals surface area contributed by atoms with Crippen LogP contribution in [0.1, 0.15) is 84.0 Å². The fourth-order valence-corrected chi connectivity index (χ4v) is 4.42. The van der Waals surface area contributed by atoms with Crippen molar-refractivity contribution >= 4 is 23.6 Å². The van der Waals surface area contributed by atoms with E-state index in [9.17, 15) is 19.5 Å². The minimum atomic E-state index is -1.01. The minimum Gasteiger partial charge on any atom is -0.508 e. The quantitative estimate of drug-likeness (QED) is 0.330. The van der Waals surface area contributed by atoms with Gasteiger partial charge in [-0.2, -0.15) is 0 Å². The summed E-state index contributed by atoms with van der Waals surface area (Å²) in [5.74, 6) is -0.618. The van der Waals surface area contributed by atoms with Crippen molar-refractivity contribution in [2.24, 2.45) is 5.92 Å². The Hall–Kier alpha value is -3.55. The number of carbonyl (C=O) groups excluding carboxylic acids is 3. The van der Waals surface area contributed by atoms with Gasteiger partial charge in [0.15, 0.2) is 0 Å². The standard InChI is InChI=1S/C31H45N3O5/c1-10-22(6)34(29(37)25(18-19(2)3)32-30(38)39-31(7,8)9)27(23-14-16-24(35)17-15-23)28(36)33-26-20(4)12-11-13-21(26)5/h11-17,19,22,25,27,35H,10,18H2,1-9H3,(H,32,38)(H,33,36). The molecular formula is C31H45N3O5. The number of hydrogen-bond acceptors (Lipinski definition) is 5. The molecule has 3 atom stereocenters. The van der Waals surface area contributed by atoms with Crippen molar-refractivity contribution in [1.29, 1.82) is 0 Å². The number of nitrogens with one attached hydrogen (secondary N) is 2. The number of rotatable bonds is 10. The number of hydrogen-bond donors (Lipinski definition) is 3. The van der Waals surface area contributed by atoms with Gasteiger partial charge in [0, 0.05) is 11.7 Å². The fourth-order valence-electron chi connectivity index (χ4n) is 4.42. The van der Waals surface area contributed by atoms with Crippen molar-refractivity contribution in [3.8, 4) is 5.75 Å². The first kappa shape index (κ1) is 31.7. The highest BCUT2D eigenvalue weighted by atomic mass is 16.6. The molecule has 2 rings (SSSR count). The summed E-state index contributed by atoms with van der Waals surface area (Å²) in [7, 11) is 0. The van der Waals surface area contributed by atoms with Gasteiger partial charge >= 0.3 is 6.09 Å². The van der Waals surface area contributed by atoms with Crippen LogP contribution in [0.4, 0.5) is 10.5 Å². The van der Waals surface area contributed by atoms with E-state index in [4.69, 9.17) is 4.74 Å². The summed E-state index contributed by atoms with van der Waals surface area (Å²) >= 11 is 0. The van der Waals surface area contributed by atoms with Gasteiger partial charge in [-0.05, 0) is 89.1 Å². The van der Waals surface area contributed by atoms with Crippen LogP contribution in [0.25, 0.3) is 0 Å². The summed E-state index contributed by atoms with van der Waals surface area (Å²) < 4.78 is 5.45. The Kier molecular flexibility index (Phi) is 11.0. The maximum absolute atomic E-state index is 14.3. The fraction of sp³-hybridized carbons (Fsp3) is 0.516. The highest BCUT2D eigenvalue weighted by Gasteiger charge is 2.39. The first-order valence-electron chi connectivity index (χ1n) is 13.6. The molecule has 39 heavy (non-hydrogen) atoms. The molecule has 214 valence electrons. The lowest BCUT2D eigenvalue weighted by Gasteiger charge is -2.38. The smallest absolute Gasteiger partial charge is 0.408 e. The summed E-state index contributed by atoms with van der Waals surface area (Å²) in [5.41, 5.74) is 2.31. The van der Waals surface area contributed by atoms with Crippen molar-refractivity contribution in [2.45, 2.75) is 98.9 Å². The monoisotopic (exact) mass is 539 g/mol. The van der Waals surface area contributed by atoms with E-state index < -0.39 is 23.8 Å². The molecule has 3 amide bonds. The lowest BCUT2D eigenvalue weighted by atomic mass is 9.96. The van der Waals surface area contributed by atoms with Gasteiger partial charge in [-0.3, -0.25) is 9.59 Å². The molecule has 0 aliphatic heterocycles. The number of aromatic hydroxyl groups is 1. The van der Waals surface area contributed by atoms with E-state index in [1.807, 2.05) is 59.7 Å². The number of nitrogens with zero attached hydrogens (tertiary/aromatic N) is 1. The molecule has 8 heteroatoms. The lowest BCUT2D eigenvalue weighted by Crippen LogP contribution is -2.55. The van der Waals surface area contributed by atoms with Crippen molar-refractivity contribution in [2.75, 3.05) is 5.32 Å². The molecule has 3 unspecified atom stereocenters. The number of ether oxygens (including phenoxy) is 1. The van der Waals surface area contributed by atoms with Crippen LogP contribution < -0.4 is 10.6 Å². The molecule has 0 heterocycles. The highest BCUT2D eigenvalue weighted by Crippen LogP contribution is 2.30. The van der Waals surface area contributed by atoms with Crippen LogP contribution in [-0.4, -0.2) is 45.6 Å². The molecule has 0 saturated carbocycles. The molecule has 0 bridgehead atoms. The van der Waals surface area contributed by atoms with Crippen LogP contribution >= 0.6 is 0 Å². The van der Waals surface area contributed by atoms with E-state index in [0.29, 0.717) is 24.1 Å². The number of alkyl carbamates (subject to hydrolysis) is 1. The van der Waals surface area contributed by atoms with E-state index in [2.05, 4.69) is 10.6 Å². The van der Waals surface area contributed by atoms with Crippen LogP contribution in [0.3, 0.4) is 0 Å². The van der Waals surface area contributed by atoms with Crippen molar-refractivity contribution in [3.63, 3.8) is 0 Å². The van der Waals surface area contributed by atoms with Gasteiger partial charge in [-0.15, -0.1) is 0 Å². The zero-order valence-corrected chi connectivity index (χ0v) is 24.8. The maximum atomic E-state index is 14.3. The minimum absolute atomic E-state index is 0.0540. The van der Waals surface area contributed by atoms with E-state index >= 15 is 0 Å². The zero-order chi connectivity index (χ0) is 29.5. The van der Waals surface area contributed by atoms with E-state index in [1.165, 1.54) is 12.1 Å². The number of para-hydroxylation sites is 1. The summed E-state index contributed by atoms with van der Waals surface area (Å²) in [6.07, 6.45) is 0.260. The molecule has 8 nitrogen and oxygen atoms in total. The molecule has 0 aromatic heterocycles. The van der Waals surface area contributed by atoms with Crippen molar-refractivity contribution in [3.05, 3.63) is 59.2 Å². The molecule has 3 N–H and O–H groups in total. The predicted octanol–water partition coefficient (Wildman–Crippen LogP) is 6.26. The topological polar surface area (TPSA) is 108 Å². The van der Waals surface area contributed by atoms with Crippen LogP contribution in [0.2, 0.25) is 0 Å². The largest absolute Gasteiger partial charge is 0.508 e. The average molecular weight is 540 g/mol. The molecule has 0 spiro atoms. The second-order valence-electron chi connectivity index (χ2n) is 11.6. The SMILES string of the molecule is CCC(C)N(C(=O)C(CC(C)C)NC(=O)OC(C)(C)C)C(C(=O)Nc1c(C)cccc1C)c1ccc(O)cc1. The van der Waals surface area contributed by atoms with Gasteiger partial charge in [-0.1, -0.05) is 51.1 Å². The first-order chi connectivity index (χ1) is 18.1. The highest BCUT2D eigenvalue weighted by molar-refractivity contribution is 6.00. The second kappa shape index (κ2) is 13.5. The van der Waals surface area contributed by atoms with E-state index in [1.54, 1.807) is 37.8 Å². The molecular weight excluding hydrogens is 494 g/mol. The van der Waals surface area contributed by atoms with Crippen LogP contribution in [0.5, 0.6) is 5.75 Å². The molecule has 0 saturated heterocycles. The van der Waals surface area contributed by atoms with Gasteiger partial charge in [0.1, 0.15) is 23.4 Å². The first-order valence-corrected chi connectivity index (χ1v) is 13.6. The number of amides is 3. The summed E-state index contributed by atoms with van der Waals surface area (Å²) in [5, 5.41) is 15.7. The Labute approximate surface area is 233 Å². The lowest BCUT2D eigenvalue weighted by molar-refractivity contribution is -0.143. The maximum Gasteiger partial charge on any atom is 0.408 e. The van der Waals surface area contributed by atoms with Crippen molar-refractivity contribution < 1.29 is 24.2 Å². The molecule has 0 radical (unpaired) electrons. The molecule has 2 aromatic rings. The van der Waals surface area contributed by atoms with Gasteiger partial charge in [0.05, 0.1) is 0 Å². The van der Waals surface area contributed by atoms with Gasteiger partial charge in [-0.25, -0.2) is 4.79 Å². The third-order valence-corrected chi connectivity index (χ3v) is 6.48. The summed E-state index contributed by atoms with van der Waals surface area (Å²) in [4.78, 5) is 42.6. The van der Waals surface area contributed by atoms with E-state index in [-0.39, 0.29) is 29.5 Å². The van der Waals surface area contributed by atoms with Crippen LogP contribution in [-0.2, 0) is 14.3 Å². The molecule has 2 aromatic carbocycles. The predicted molar refractivity (Wildman–Crippen MR) is 155 cm³/mol. The Morgan fingerprint density at radius 3 is 2.03 bits per heavy atom.